The number of para-hydroxylation sites is 2. The molecule has 3 N–H and O–H groups in total. The van der Waals surface area contributed by atoms with E-state index < -0.39 is 0 Å². The van der Waals surface area contributed by atoms with Gasteiger partial charge in [-0.3, -0.25) is 9.36 Å². The number of nitrogens with two attached hydrogens (primary N) is 1. The van der Waals surface area contributed by atoms with Crippen molar-refractivity contribution in [2.24, 2.45) is 0 Å². The van der Waals surface area contributed by atoms with Gasteiger partial charge in [-0.2, -0.15) is 0 Å². The second-order valence-electron chi connectivity index (χ2n) is 8.05. The van der Waals surface area contributed by atoms with Gasteiger partial charge in [-0.15, -0.1) is 0 Å². The first-order chi connectivity index (χ1) is 17.5. The number of carbonyl (C=O) groups is 1. The van der Waals surface area contributed by atoms with Crippen LogP contribution in [0.1, 0.15) is 15.9 Å². The van der Waals surface area contributed by atoms with Gasteiger partial charge in [0, 0.05) is 12.6 Å². The molecule has 0 fully saturated rings. The molecule has 9 nitrogen and oxygen atoms in total. The highest BCUT2D eigenvalue weighted by molar-refractivity contribution is 6.11. The molecule has 9 heteroatoms. The fraction of sp³-hybridized carbons (Fsp3) is 0.148. The van der Waals surface area contributed by atoms with Crippen LogP contribution in [0.5, 0.6) is 17.2 Å². The van der Waals surface area contributed by atoms with Gasteiger partial charge in [0.1, 0.15) is 22.6 Å². The minimum absolute atomic E-state index is 0.222. The van der Waals surface area contributed by atoms with Gasteiger partial charge in [-0.1, -0.05) is 24.3 Å². The summed E-state index contributed by atoms with van der Waals surface area (Å²) in [4.78, 5) is 23.0. The second-order valence-corrected chi connectivity index (χ2v) is 8.05. The van der Waals surface area contributed by atoms with Crippen LogP contribution in [0.2, 0.25) is 0 Å². The number of aromatic nitrogens is 3. The molecule has 1 amide bonds. The zero-order valence-electron chi connectivity index (χ0n) is 20.1. The highest BCUT2D eigenvalue weighted by Crippen LogP contribution is 2.35. The molecular weight excluding hydrogens is 458 g/mol. The Kier molecular flexibility index (Phi) is 6.03. The summed E-state index contributed by atoms with van der Waals surface area (Å²) in [6.45, 7) is 0.312. The van der Waals surface area contributed by atoms with E-state index in [-0.39, 0.29) is 17.3 Å². The van der Waals surface area contributed by atoms with Crippen LogP contribution < -0.4 is 25.3 Å². The predicted molar refractivity (Wildman–Crippen MR) is 138 cm³/mol. The summed E-state index contributed by atoms with van der Waals surface area (Å²) < 4.78 is 17.8. The van der Waals surface area contributed by atoms with Crippen LogP contribution in [-0.4, -0.2) is 41.8 Å². The number of carbonyl (C=O) groups excluding carboxylic acids is 1. The van der Waals surface area contributed by atoms with Crippen LogP contribution >= 0.6 is 0 Å². The Morgan fingerprint density at radius 3 is 2.25 bits per heavy atom. The molecular formula is C27H25N5O4. The van der Waals surface area contributed by atoms with E-state index in [4.69, 9.17) is 29.9 Å². The van der Waals surface area contributed by atoms with Crippen molar-refractivity contribution in [2.75, 3.05) is 27.1 Å². The lowest BCUT2D eigenvalue weighted by Crippen LogP contribution is -2.24. The predicted octanol–water partition coefficient (Wildman–Crippen LogP) is 4.11. The van der Waals surface area contributed by atoms with Gasteiger partial charge in [0.05, 0.1) is 38.1 Å². The summed E-state index contributed by atoms with van der Waals surface area (Å²) in [6.07, 6.45) is 0. The summed E-state index contributed by atoms with van der Waals surface area (Å²) in [6, 6.07) is 20.3. The number of benzene rings is 3. The lowest BCUT2D eigenvalue weighted by atomic mass is 10.2. The molecule has 0 bridgehead atoms. The largest absolute Gasteiger partial charge is 0.497 e. The lowest BCUT2D eigenvalue weighted by molar-refractivity contribution is 0.0953. The Hall–Kier alpha value is -4.79. The number of nitrogen functional groups attached to an aromatic ring is 1. The number of ether oxygens (including phenoxy) is 3. The maximum atomic E-state index is 13.4. The van der Waals surface area contributed by atoms with Crippen molar-refractivity contribution < 1.29 is 19.0 Å². The summed E-state index contributed by atoms with van der Waals surface area (Å²) in [5.41, 5.74) is 10.7. The van der Waals surface area contributed by atoms with Crippen LogP contribution in [0.25, 0.3) is 27.9 Å². The fourth-order valence-corrected chi connectivity index (χ4v) is 4.12. The van der Waals surface area contributed by atoms with Crippen molar-refractivity contribution in [1.29, 1.82) is 0 Å². The van der Waals surface area contributed by atoms with E-state index in [2.05, 4.69) is 5.32 Å². The summed E-state index contributed by atoms with van der Waals surface area (Å²) in [7, 11) is 4.74. The minimum atomic E-state index is -0.350. The number of methoxy groups -OCH3 is 3. The Morgan fingerprint density at radius 1 is 0.889 bits per heavy atom. The Labute approximate surface area is 207 Å². The van der Waals surface area contributed by atoms with E-state index in [9.17, 15) is 4.79 Å². The van der Waals surface area contributed by atoms with E-state index in [1.54, 1.807) is 38.0 Å². The van der Waals surface area contributed by atoms with Crippen molar-refractivity contribution in [3.8, 4) is 22.9 Å². The number of nitrogens with zero attached hydrogens (tertiary/aromatic N) is 3. The van der Waals surface area contributed by atoms with Gasteiger partial charge in [-0.05, 0) is 42.0 Å². The Bertz CT molecular complexity index is 1580. The molecule has 0 atom stereocenters. The monoisotopic (exact) mass is 483 g/mol. The van der Waals surface area contributed by atoms with Gasteiger partial charge in [0.15, 0.2) is 17.1 Å². The zero-order chi connectivity index (χ0) is 25.2. The molecule has 5 aromatic rings. The molecule has 182 valence electrons. The molecule has 0 aliphatic rings. The maximum absolute atomic E-state index is 13.4. The molecule has 0 spiro atoms. The number of amides is 1. The molecule has 0 aliphatic carbocycles. The molecule has 0 aliphatic heterocycles. The van der Waals surface area contributed by atoms with Crippen LogP contribution in [0.15, 0.2) is 66.7 Å². The second kappa shape index (κ2) is 9.46. The van der Waals surface area contributed by atoms with Crippen LogP contribution in [0, 0.1) is 0 Å². The first-order valence-electron chi connectivity index (χ1n) is 11.2. The molecule has 0 radical (unpaired) electrons. The Balaban J connectivity index is 1.63. The molecule has 0 saturated heterocycles. The summed E-state index contributed by atoms with van der Waals surface area (Å²) in [5, 5.41) is 2.95. The number of anilines is 1. The third-order valence-electron chi connectivity index (χ3n) is 5.96. The topological polar surface area (TPSA) is 114 Å². The van der Waals surface area contributed by atoms with Crippen molar-refractivity contribution in [1.82, 2.24) is 19.9 Å². The standard InChI is InChI=1S/C27H25N5O4/c1-34-18-11-8-16(9-12-18)15-29-27(33)23-24-26(31-20-7-5-4-6-19(20)30-24)32(25(23)28)17-10-13-21(35-2)22(14-17)36-3/h4-14H,15,28H2,1-3H3,(H,29,33). The van der Waals surface area contributed by atoms with Crippen molar-refractivity contribution >= 4 is 33.9 Å². The normalized spacial score (nSPS) is 11.0. The molecule has 2 aromatic heterocycles. The van der Waals surface area contributed by atoms with Gasteiger partial charge in [-0.25, -0.2) is 9.97 Å². The first-order valence-corrected chi connectivity index (χ1v) is 11.2. The fourth-order valence-electron chi connectivity index (χ4n) is 4.12. The van der Waals surface area contributed by atoms with Gasteiger partial charge in [0.2, 0.25) is 0 Å². The Morgan fingerprint density at radius 2 is 1.58 bits per heavy atom. The number of nitrogens with one attached hydrogen (secondary N) is 1. The molecule has 3 aromatic carbocycles. The average Bonchev–Trinajstić information content (AvgIpc) is 3.20. The minimum Gasteiger partial charge on any atom is -0.497 e. The average molecular weight is 484 g/mol. The third kappa shape index (κ3) is 4.00. The third-order valence-corrected chi connectivity index (χ3v) is 5.96. The highest BCUT2D eigenvalue weighted by Gasteiger charge is 2.25. The number of fused-ring (bicyclic) bond motifs is 2. The van der Waals surface area contributed by atoms with Gasteiger partial charge < -0.3 is 25.3 Å². The van der Waals surface area contributed by atoms with Crippen molar-refractivity contribution in [3.05, 3.63) is 77.9 Å². The van der Waals surface area contributed by atoms with Gasteiger partial charge in [0.25, 0.3) is 5.91 Å². The first kappa shape index (κ1) is 23.0. The van der Waals surface area contributed by atoms with E-state index in [1.807, 2.05) is 54.6 Å². The van der Waals surface area contributed by atoms with Crippen LogP contribution in [0.4, 0.5) is 5.82 Å². The van der Waals surface area contributed by atoms with Crippen LogP contribution in [0.3, 0.4) is 0 Å². The molecule has 5 rings (SSSR count). The number of hydrogen-bond donors (Lipinski definition) is 2. The van der Waals surface area contributed by atoms with Crippen molar-refractivity contribution in [3.63, 3.8) is 0 Å². The summed E-state index contributed by atoms with van der Waals surface area (Å²) in [5.74, 6) is 1.71. The van der Waals surface area contributed by atoms with Gasteiger partial charge >= 0.3 is 0 Å². The molecule has 0 saturated carbocycles. The number of hydrogen-bond acceptors (Lipinski definition) is 7. The SMILES string of the molecule is COc1ccc(CNC(=O)c2c(N)n(-c3ccc(OC)c(OC)c3)c3nc4ccccc4nc23)cc1. The quantitative estimate of drug-likeness (QED) is 0.358. The van der Waals surface area contributed by atoms with Crippen LogP contribution in [-0.2, 0) is 6.54 Å². The maximum Gasteiger partial charge on any atom is 0.257 e. The number of rotatable bonds is 7. The summed E-state index contributed by atoms with van der Waals surface area (Å²) >= 11 is 0. The zero-order valence-corrected chi connectivity index (χ0v) is 20.1. The van der Waals surface area contributed by atoms with E-state index in [0.717, 1.165) is 11.3 Å². The van der Waals surface area contributed by atoms with E-state index in [0.29, 0.717) is 45.9 Å². The van der Waals surface area contributed by atoms with E-state index in [1.165, 1.54) is 0 Å². The van der Waals surface area contributed by atoms with E-state index >= 15 is 0 Å². The highest BCUT2D eigenvalue weighted by atomic mass is 16.5. The molecule has 2 heterocycles. The smallest absolute Gasteiger partial charge is 0.257 e. The molecule has 0 unspecified atom stereocenters. The lowest BCUT2D eigenvalue weighted by Gasteiger charge is -2.12. The van der Waals surface area contributed by atoms with Crippen molar-refractivity contribution in [2.45, 2.75) is 6.54 Å². The molecule has 36 heavy (non-hydrogen) atoms.